The lowest BCUT2D eigenvalue weighted by Gasteiger charge is -2.09. The molecule has 0 unspecified atom stereocenters. The van der Waals surface area contributed by atoms with Crippen molar-refractivity contribution in [3.8, 4) is 11.4 Å². The topological polar surface area (TPSA) is 116 Å². The zero-order valence-corrected chi connectivity index (χ0v) is 16.0. The van der Waals surface area contributed by atoms with E-state index < -0.39 is 18.5 Å². The molecule has 1 amide bonds. The van der Waals surface area contributed by atoms with Gasteiger partial charge in [-0.25, -0.2) is 4.79 Å². The number of tetrazole rings is 1. The van der Waals surface area contributed by atoms with Gasteiger partial charge in [0.05, 0.1) is 5.69 Å². The number of anilines is 1. The summed E-state index contributed by atoms with van der Waals surface area (Å²) in [5.41, 5.74) is 2.62. The molecule has 3 aromatic rings. The van der Waals surface area contributed by atoms with E-state index in [1.165, 1.54) is 6.92 Å². The number of nitrogens with zero attached hydrogens (tertiary/aromatic N) is 4. The number of hydrogen-bond donors (Lipinski definition) is 1. The number of hydrogen-bond acceptors (Lipinski definition) is 7. The molecule has 0 fully saturated rings. The molecule has 2 aromatic carbocycles. The molecule has 1 heterocycles. The van der Waals surface area contributed by atoms with E-state index in [4.69, 9.17) is 4.74 Å². The maximum Gasteiger partial charge on any atom is 0.330 e. The van der Waals surface area contributed by atoms with Crippen LogP contribution in [0.5, 0.6) is 0 Å². The van der Waals surface area contributed by atoms with Crippen LogP contribution >= 0.6 is 0 Å². The van der Waals surface area contributed by atoms with Crippen molar-refractivity contribution in [3.63, 3.8) is 0 Å². The molecule has 0 aliphatic rings. The molecule has 0 atom stereocenters. The summed E-state index contributed by atoms with van der Waals surface area (Å²) >= 11 is 0. The highest BCUT2D eigenvalue weighted by atomic mass is 16.5. The number of carbonyl (C=O) groups is 3. The first kappa shape index (κ1) is 19.9. The first-order valence-electron chi connectivity index (χ1n) is 8.82. The molecule has 148 valence electrons. The standard InChI is InChI=1S/C20H19N5O4/c1-13-7-9-15(10-8-13)20-22-24-25(23-20)11-19(28)29-12-18(27)21-17-6-4-3-5-16(17)14(2)26/h3-10H,11-12H2,1-2H3,(H,21,27). The number of aromatic nitrogens is 4. The number of Topliss-reactive ketones (excluding diaryl/α,β-unsaturated/α-hetero) is 1. The van der Waals surface area contributed by atoms with Gasteiger partial charge in [0.1, 0.15) is 0 Å². The Balaban J connectivity index is 1.52. The summed E-state index contributed by atoms with van der Waals surface area (Å²) in [6.45, 7) is 2.60. The Morgan fingerprint density at radius 3 is 2.52 bits per heavy atom. The second-order valence-corrected chi connectivity index (χ2v) is 6.32. The van der Waals surface area contributed by atoms with Crippen molar-refractivity contribution in [3.05, 3.63) is 59.7 Å². The van der Waals surface area contributed by atoms with Crippen LogP contribution in [0, 0.1) is 6.92 Å². The summed E-state index contributed by atoms with van der Waals surface area (Å²) in [4.78, 5) is 36.6. The highest BCUT2D eigenvalue weighted by Gasteiger charge is 2.14. The lowest BCUT2D eigenvalue weighted by molar-refractivity contribution is -0.148. The van der Waals surface area contributed by atoms with Crippen molar-refractivity contribution in [2.24, 2.45) is 0 Å². The minimum Gasteiger partial charge on any atom is -0.454 e. The third-order valence-corrected chi connectivity index (χ3v) is 3.98. The fourth-order valence-corrected chi connectivity index (χ4v) is 2.52. The smallest absolute Gasteiger partial charge is 0.330 e. The molecule has 0 spiro atoms. The van der Waals surface area contributed by atoms with Crippen LogP contribution in [0.25, 0.3) is 11.4 Å². The second-order valence-electron chi connectivity index (χ2n) is 6.32. The van der Waals surface area contributed by atoms with Crippen LogP contribution in [0.3, 0.4) is 0 Å². The number of amides is 1. The molecule has 1 aromatic heterocycles. The van der Waals surface area contributed by atoms with Crippen molar-refractivity contribution in [2.75, 3.05) is 11.9 Å². The Bertz CT molecular complexity index is 1040. The molecule has 29 heavy (non-hydrogen) atoms. The molecule has 0 radical (unpaired) electrons. The van der Waals surface area contributed by atoms with Gasteiger partial charge in [0.2, 0.25) is 5.82 Å². The summed E-state index contributed by atoms with van der Waals surface area (Å²) in [5, 5.41) is 14.4. The lowest BCUT2D eigenvalue weighted by Crippen LogP contribution is -2.24. The summed E-state index contributed by atoms with van der Waals surface area (Å²) in [6.07, 6.45) is 0. The fourth-order valence-electron chi connectivity index (χ4n) is 2.52. The summed E-state index contributed by atoms with van der Waals surface area (Å²) < 4.78 is 4.95. The van der Waals surface area contributed by atoms with Crippen molar-refractivity contribution in [1.82, 2.24) is 20.2 Å². The minimum atomic E-state index is -0.687. The number of aryl methyl sites for hydroxylation is 1. The molecule has 1 N–H and O–H groups in total. The number of esters is 1. The van der Waals surface area contributed by atoms with Crippen LogP contribution in [-0.2, 0) is 20.9 Å². The molecular formula is C20H19N5O4. The summed E-state index contributed by atoms with van der Waals surface area (Å²) in [7, 11) is 0. The van der Waals surface area contributed by atoms with E-state index in [0.717, 1.165) is 15.9 Å². The van der Waals surface area contributed by atoms with Crippen LogP contribution in [0.15, 0.2) is 48.5 Å². The molecular weight excluding hydrogens is 374 g/mol. The zero-order chi connectivity index (χ0) is 20.8. The molecule has 9 heteroatoms. The van der Waals surface area contributed by atoms with Crippen LogP contribution in [0.2, 0.25) is 0 Å². The van der Waals surface area contributed by atoms with Crippen LogP contribution < -0.4 is 5.32 Å². The number of nitrogens with one attached hydrogen (secondary N) is 1. The van der Waals surface area contributed by atoms with Crippen molar-refractivity contribution in [1.29, 1.82) is 0 Å². The van der Waals surface area contributed by atoms with Gasteiger partial charge in [0.15, 0.2) is 18.9 Å². The number of benzene rings is 2. The van der Waals surface area contributed by atoms with Gasteiger partial charge in [-0.2, -0.15) is 4.80 Å². The molecule has 0 saturated heterocycles. The Labute approximate surface area is 166 Å². The van der Waals surface area contributed by atoms with Gasteiger partial charge in [0, 0.05) is 11.1 Å². The van der Waals surface area contributed by atoms with Crippen LogP contribution in [0.1, 0.15) is 22.8 Å². The lowest BCUT2D eigenvalue weighted by atomic mass is 10.1. The molecule has 0 aliphatic heterocycles. The number of para-hydroxylation sites is 1. The largest absolute Gasteiger partial charge is 0.454 e. The first-order valence-corrected chi connectivity index (χ1v) is 8.82. The van der Waals surface area contributed by atoms with E-state index in [1.807, 2.05) is 31.2 Å². The third kappa shape index (κ3) is 5.32. The van der Waals surface area contributed by atoms with Crippen LogP contribution in [0.4, 0.5) is 5.69 Å². The van der Waals surface area contributed by atoms with E-state index in [-0.39, 0.29) is 12.3 Å². The van der Waals surface area contributed by atoms with Crippen LogP contribution in [-0.4, -0.2) is 44.5 Å². The van der Waals surface area contributed by atoms with E-state index in [0.29, 0.717) is 17.1 Å². The monoisotopic (exact) mass is 393 g/mol. The van der Waals surface area contributed by atoms with Gasteiger partial charge in [-0.1, -0.05) is 42.0 Å². The number of rotatable bonds is 7. The molecule has 0 saturated carbocycles. The highest BCUT2D eigenvalue weighted by molar-refractivity contribution is 6.04. The number of ketones is 1. The van der Waals surface area contributed by atoms with Gasteiger partial charge in [-0.3, -0.25) is 9.59 Å². The average Bonchev–Trinajstić information content (AvgIpc) is 3.15. The predicted molar refractivity (Wildman–Crippen MR) is 104 cm³/mol. The fraction of sp³-hybridized carbons (Fsp3) is 0.200. The normalized spacial score (nSPS) is 10.4. The van der Waals surface area contributed by atoms with Gasteiger partial charge < -0.3 is 10.1 Å². The maximum atomic E-state index is 12.0. The average molecular weight is 393 g/mol. The number of carbonyl (C=O) groups excluding carboxylic acids is 3. The molecule has 3 rings (SSSR count). The van der Waals surface area contributed by atoms with Crippen molar-refractivity contribution < 1.29 is 19.1 Å². The Morgan fingerprint density at radius 2 is 1.79 bits per heavy atom. The molecule has 0 bridgehead atoms. The van der Waals surface area contributed by atoms with Gasteiger partial charge in [-0.05, 0) is 31.2 Å². The van der Waals surface area contributed by atoms with Gasteiger partial charge in [-0.15, -0.1) is 10.2 Å². The maximum absolute atomic E-state index is 12.0. The Morgan fingerprint density at radius 1 is 1.07 bits per heavy atom. The summed E-state index contributed by atoms with van der Waals surface area (Å²) in [6, 6.07) is 14.2. The minimum absolute atomic E-state index is 0.181. The Hall–Kier alpha value is -3.88. The van der Waals surface area contributed by atoms with Gasteiger partial charge in [0.25, 0.3) is 5.91 Å². The zero-order valence-electron chi connectivity index (χ0n) is 16.0. The molecule has 9 nitrogen and oxygen atoms in total. The van der Waals surface area contributed by atoms with E-state index in [2.05, 4.69) is 20.7 Å². The molecule has 0 aliphatic carbocycles. The number of ether oxygens (including phenoxy) is 1. The Kier molecular flexibility index (Phi) is 6.08. The van der Waals surface area contributed by atoms with E-state index in [9.17, 15) is 14.4 Å². The van der Waals surface area contributed by atoms with Crippen molar-refractivity contribution >= 4 is 23.3 Å². The van der Waals surface area contributed by atoms with Gasteiger partial charge >= 0.3 is 5.97 Å². The third-order valence-electron chi connectivity index (χ3n) is 3.98. The van der Waals surface area contributed by atoms with Crippen molar-refractivity contribution in [2.45, 2.75) is 20.4 Å². The first-order chi connectivity index (χ1) is 13.9. The SMILES string of the molecule is CC(=O)c1ccccc1NC(=O)COC(=O)Cn1nnc(-c2ccc(C)cc2)n1. The highest BCUT2D eigenvalue weighted by Crippen LogP contribution is 2.15. The summed E-state index contributed by atoms with van der Waals surface area (Å²) in [5.74, 6) is -1.04. The van der Waals surface area contributed by atoms with E-state index in [1.54, 1.807) is 24.3 Å². The van der Waals surface area contributed by atoms with E-state index >= 15 is 0 Å². The predicted octanol–water partition coefficient (Wildman–Crippen LogP) is 2.03. The second kappa shape index (κ2) is 8.87. The quantitative estimate of drug-likeness (QED) is 0.482.